The smallest absolute Gasteiger partial charge is 0.218 e. The van der Waals surface area contributed by atoms with Crippen LogP contribution in [0.5, 0.6) is 0 Å². The fourth-order valence-corrected chi connectivity index (χ4v) is 6.46. The van der Waals surface area contributed by atoms with Crippen molar-refractivity contribution in [2.45, 2.75) is 43.9 Å². The summed E-state index contributed by atoms with van der Waals surface area (Å²) < 4.78 is 24.1. The van der Waals surface area contributed by atoms with Gasteiger partial charge < -0.3 is 18.9 Å². The van der Waals surface area contributed by atoms with Crippen LogP contribution in [0.2, 0.25) is 0 Å². The van der Waals surface area contributed by atoms with E-state index in [1.807, 2.05) is 18.4 Å². The molecule has 8 nitrogen and oxygen atoms in total. The Bertz CT molecular complexity index is 1010. The monoisotopic (exact) mass is 410 g/mol. The molecule has 9 heteroatoms. The van der Waals surface area contributed by atoms with Gasteiger partial charge in [-0.1, -0.05) is 0 Å². The molecule has 1 aliphatic carbocycles. The van der Waals surface area contributed by atoms with Crippen molar-refractivity contribution in [1.82, 2.24) is 0 Å². The first kappa shape index (κ1) is 18.5. The summed E-state index contributed by atoms with van der Waals surface area (Å²) in [5.41, 5.74) is -2.84. The van der Waals surface area contributed by atoms with E-state index >= 15 is 0 Å². The zero-order valence-corrected chi connectivity index (χ0v) is 16.5. The third-order valence-electron chi connectivity index (χ3n) is 6.87. The molecule has 4 fully saturated rings. The molecule has 5 rings (SSSR count). The minimum atomic E-state index is -1.93. The van der Waals surface area contributed by atoms with Crippen LogP contribution in [0.15, 0.2) is 11.4 Å². The van der Waals surface area contributed by atoms with E-state index < -0.39 is 34.4 Å². The van der Waals surface area contributed by atoms with Gasteiger partial charge in [-0.15, -0.1) is 11.3 Å². The summed E-state index contributed by atoms with van der Waals surface area (Å²) in [5, 5.41) is 41.4. The van der Waals surface area contributed by atoms with Crippen LogP contribution < -0.4 is 0 Å². The van der Waals surface area contributed by atoms with E-state index in [1.54, 1.807) is 0 Å². The van der Waals surface area contributed by atoms with E-state index in [2.05, 4.69) is 18.2 Å². The molecule has 1 aromatic heterocycles. The lowest BCUT2D eigenvalue weighted by Crippen LogP contribution is -2.63. The maximum atomic E-state index is 10.4. The van der Waals surface area contributed by atoms with Crippen LogP contribution in [0.3, 0.4) is 0 Å². The van der Waals surface area contributed by atoms with Crippen molar-refractivity contribution in [3.63, 3.8) is 0 Å². The Hall–Kier alpha value is -2.48. The maximum Gasteiger partial charge on any atom is 0.218 e. The number of ether oxygens (including phenoxy) is 4. The molecule has 148 valence electrons. The lowest BCUT2D eigenvalue weighted by Gasteiger charge is -2.53. The number of nitrogens with zero attached hydrogens (tertiary/aromatic N) is 3. The van der Waals surface area contributed by atoms with Crippen molar-refractivity contribution in [3.05, 3.63) is 21.9 Å². The molecule has 0 amide bonds. The zero-order valence-electron chi connectivity index (χ0n) is 15.7. The first-order chi connectivity index (χ1) is 13.9. The van der Waals surface area contributed by atoms with E-state index in [0.29, 0.717) is 30.9 Å². The predicted molar refractivity (Wildman–Crippen MR) is 98.1 cm³/mol. The second-order valence-electron chi connectivity index (χ2n) is 8.02. The van der Waals surface area contributed by atoms with Gasteiger partial charge in [-0.05, 0) is 23.9 Å². The number of aryl methyl sites for hydroxylation is 1. The van der Waals surface area contributed by atoms with Crippen molar-refractivity contribution < 1.29 is 18.9 Å². The van der Waals surface area contributed by atoms with Gasteiger partial charge in [0.1, 0.15) is 6.10 Å². The molecule has 2 bridgehead atoms. The van der Waals surface area contributed by atoms with Crippen LogP contribution >= 0.6 is 11.3 Å². The second-order valence-corrected chi connectivity index (χ2v) is 8.97. The molecule has 0 radical (unpaired) electrons. The third kappa shape index (κ3) is 1.98. The van der Waals surface area contributed by atoms with Crippen molar-refractivity contribution in [1.29, 1.82) is 21.2 Å². The second kappa shape index (κ2) is 5.78. The minimum absolute atomic E-state index is 0.226. The highest BCUT2D eigenvalue weighted by atomic mass is 32.1. The van der Waals surface area contributed by atoms with Gasteiger partial charge in [-0.2, -0.15) is 15.8 Å². The maximum absolute atomic E-state index is 10.4. The van der Waals surface area contributed by atoms with E-state index in [-0.39, 0.29) is 12.3 Å². The van der Waals surface area contributed by atoms with Crippen LogP contribution in [0.1, 0.15) is 35.8 Å². The molecule has 1 spiro atoms. The highest BCUT2D eigenvalue weighted by Gasteiger charge is 2.82. The van der Waals surface area contributed by atoms with Gasteiger partial charge in [0, 0.05) is 24.1 Å². The van der Waals surface area contributed by atoms with Crippen molar-refractivity contribution in [2.24, 2.45) is 16.7 Å². The summed E-state index contributed by atoms with van der Waals surface area (Å²) in [6.45, 7) is 2.76. The Morgan fingerprint density at radius 3 is 2.45 bits per heavy atom. The zero-order chi connectivity index (χ0) is 20.5. The molecular weight excluding hydrogens is 392 g/mol. The van der Waals surface area contributed by atoms with E-state index in [0.717, 1.165) is 5.56 Å². The molecule has 4 aliphatic rings. The lowest BCUT2D eigenvalue weighted by molar-refractivity contribution is -0.330. The Balaban J connectivity index is 1.74. The summed E-state index contributed by atoms with van der Waals surface area (Å²) in [6, 6.07) is 8.24. The molecule has 3 aliphatic heterocycles. The fraction of sp³-hybridized carbons (Fsp3) is 0.600. The summed E-state index contributed by atoms with van der Waals surface area (Å²) >= 11 is 1.37. The Labute approximate surface area is 171 Å². The molecule has 1 aromatic rings. The molecule has 1 N–H and O–H groups in total. The van der Waals surface area contributed by atoms with Crippen LogP contribution in [-0.4, -0.2) is 30.7 Å². The number of rotatable bonds is 1. The number of nitrogens with one attached hydrogen (secondary N) is 1. The standard InChI is InChI=1S/C20H18N4O4S/c1-12-2-7-29-14(12)15-17(9-21,10-22)19(11-23)13-8-18(25-5-6-26-18)3-4-20(13,27-15)28-16(19)24/h2,7,13,15,24H,3-6,8H2,1H3. The largest absolute Gasteiger partial charge is 0.447 e. The van der Waals surface area contributed by atoms with Gasteiger partial charge >= 0.3 is 0 Å². The lowest BCUT2D eigenvalue weighted by atomic mass is 9.51. The summed E-state index contributed by atoms with van der Waals surface area (Å²) in [7, 11) is 0. The fourth-order valence-electron chi connectivity index (χ4n) is 5.44. The first-order valence-corrected chi connectivity index (χ1v) is 10.3. The van der Waals surface area contributed by atoms with E-state index in [4.69, 9.17) is 24.4 Å². The Morgan fingerprint density at radius 1 is 1.14 bits per heavy atom. The minimum Gasteiger partial charge on any atom is -0.447 e. The Kier molecular flexibility index (Phi) is 3.70. The van der Waals surface area contributed by atoms with Gasteiger partial charge in [-0.3, -0.25) is 5.41 Å². The first-order valence-electron chi connectivity index (χ1n) is 9.44. The average Bonchev–Trinajstić information content (AvgIpc) is 3.40. The highest BCUT2D eigenvalue weighted by molar-refractivity contribution is 7.10. The normalized spacial score (nSPS) is 38.5. The predicted octanol–water partition coefficient (Wildman–Crippen LogP) is 2.92. The number of thiophene rings is 1. The van der Waals surface area contributed by atoms with Crippen molar-refractivity contribution >= 4 is 17.2 Å². The third-order valence-corrected chi connectivity index (χ3v) is 7.93. The van der Waals surface area contributed by atoms with Crippen LogP contribution in [-0.2, 0) is 18.9 Å². The molecule has 3 saturated heterocycles. The van der Waals surface area contributed by atoms with Gasteiger partial charge in [0.05, 0.1) is 37.3 Å². The molecule has 1 saturated carbocycles. The van der Waals surface area contributed by atoms with Crippen LogP contribution in [0.25, 0.3) is 0 Å². The molecule has 4 unspecified atom stereocenters. The van der Waals surface area contributed by atoms with Gasteiger partial charge in [0.15, 0.2) is 11.2 Å². The van der Waals surface area contributed by atoms with Crippen LogP contribution in [0.4, 0.5) is 0 Å². The molecule has 4 heterocycles. The Morgan fingerprint density at radius 2 is 1.86 bits per heavy atom. The van der Waals surface area contributed by atoms with Crippen molar-refractivity contribution in [3.8, 4) is 18.2 Å². The number of nitriles is 3. The molecular formula is C20H18N4O4S. The van der Waals surface area contributed by atoms with Crippen LogP contribution in [0, 0.1) is 63.1 Å². The summed E-state index contributed by atoms with van der Waals surface area (Å²) in [4.78, 5) is 0.706. The van der Waals surface area contributed by atoms with Crippen molar-refractivity contribution in [2.75, 3.05) is 13.2 Å². The van der Waals surface area contributed by atoms with E-state index in [1.165, 1.54) is 11.3 Å². The number of hydrogen-bond acceptors (Lipinski definition) is 9. The molecule has 29 heavy (non-hydrogen) atoms. The summed E-state index contributed by atoms with van der Waals surface area (Å²) in [6.07, 6.45) is 0.0675. The average molecular weight is 410 g/mol. The van der Waals surface area contributed by atoms with Gasteiger partial charge in [0.25, 0.3) is 0 Å². The molecule has 0 aromatic carbocycles. The highest BCUT2D eigenvalue weighted by Crippen LogP contribution is 2.71. The summed E-state index contributed by atoms with van der Waals surface area (Å²) in [5.74, 6) is -3.25. The van der Waals surface area contributed by atoms with E-state index in [9.17, 15) is 15.8 Å². The van der Waals surface area contributed by atoms with Gasteiger partial charge in [-0.25, -0.2) is 0 Å². The van der Waals surface area contributed by atoms with Gasteiger partial charge in [0.2, 0.25) is 17.1 Å². The molecule has 4 atom stereocenters. The topological polar surface area (TPSA) is 132 Å². The quantitative estimate of drug-likeness (QED) is 0.752. The number of hydrogen-bond donors (Lipinski definition) is 1. The SMILES string of the molecule is Cc1ccsc1C1OC23CCC4(CC2C(C#N)(C(=N)O3)C1(C#N)C#N)OCCO4.